The van der Waals surface area contributed by atoms with Crippen molar-refractivity contribution in [3.8, 4) is 0 Å². The van der Waals surface area contributed by atoms with E-state index in [1.54, 1.807) is 13.8 Å². The molecule has 0 bridgehead atoms. The summed E-state index contributed by atoms with van der Waals surface area (Å²) in [6, 6.07) is 9.27. The van der Waals surface area contributed by atoms with Crippen molar-refractivity contribution in [1.29, 1.82) is 0 Å². The van der Waals surface area contributed by atoms with Gasteiger partial charge >= 0.3 is 12.0 Å². The Morgan fingerprint density at radius 1 is 1.32 bits per heavy atom. The number of carbonyl (C=O) groups excluding carboxylic acids is 2. The largest absolute Gasteiger partial charge is 0.463 e. The minimum absolute atomic E-state index is 0.274. The van der Waals surface area contributed by atoms with Crippen LogP contribution < -0.4 is 16.0 Å². The van der Waals surface area contributed by atoms with Crippen molar-refractivity contribution in [2.24, 2.45) is 0 Å². The number of hydrogen-bond donors (Lipinski definition) is 3. The second kappa shape index (κ2) is 9.56. The van der Waals surface area contributed by atoms with Gasteiger partial charge < -0.3 is 20.7 Å². The van der Waals surface area contributed by atoms with Gasteiger partial charge in [0.15, 0.2) is 4.34 Å². The lowest BCUT2D eigenvalue weighted by atomic mass is 10.1. The smallest absolute Gasteiger partial charge is 0.337 e. The molecular weight excluding hydrogens is 398 g/mol. The first-order chi connectivity index (χ1) is 13.6. The Kier molecular flexibility index (Phi) is 6.88. The Morgan fingerprint density at radius 3 is 2.86 bits per heavy atom. The van der Waals surface area contributed by atoms with E-state index < -0.39 is 12.0 Å². The van der Waals surface area contributed by atoms with Gasteiger partial charge in [0.05, 0.1) is 18.2 Å². The van der Waals surface area contributed by atoms with Gasteiger partial charge in [-0.05, 0) is 19.4 Å². The highest BCUT2D eigenvalue weighted by atomic mass is 32.2. The SMILES string of the molecule is CCOC(=O)C1=C(CSc2nnc(NCc3ccccc3)s2)NC(=O)N[C@@H]1C. The Morgan fingerprint density at radius 2 is 2.11 bits per heavy atom. The summed E-state index contributed by atoms with van der Waals surface area (Å²) < 4.78 is 5.86. The quantitative estimate of drug-likeness (QED) is 0.446. The van der Waals surface area contributed by atoms with E-state index in [0.717, 1.165) is 9.90 Å². The van der Waals surface area contributed by atoms with Crippen LogP contribution in [0.4, 0.5) is 9.93 Å². The average molecular weight is 420 g/mol. The van der Waals surface area contributed by atoms with Crippen LogP contribution in [0, 0.1) is 0 Å². The number of nitrogens with zero attached hydrogens (tertiary/aromatic N) is 2. The second-order valence-corrected chi connectivity index (χ2v) is 8.13. The van der Waals surface area contributed by atoms with Crippen molar-refractivity contribution in [3.63, 3.8) is 0 Å². The highest BCUT2D eigenvalue weighted by Crippen LogP contribution is 2.28. The summed E-state index contributed by atoms with van der Waals surface area (Å²) in [5.74, 6) is -0.0419. The van der Waals surface area contributed by atoms with Gasteiger partial charge in [0.1, 0.15) is 0 Å². The minimum atomic E-state index is -0.430. The Hall–Kier alpha value is -2.59. The molecule has 0 spiro atoms. The molecule has 8 nitrogen and oxygen atoms in total. The molecule has 3 N–H and O–H groups in total. The number of hydrogen-bond acceptors (Lipinski definition) is 8. The van der Waals surface area contributed by atoms with Gasteiger partial charge in [0.2, 0.25) is 5.13 Å². The molecule has 10 heteroatoms. The summed E-state index contributed by atoms with van der Waals surface area (Å²) in [6.45, 7) is 4.44. The van der Waals surface area contributed by atoms with Crippen LogP contribution in [0.3, 0.4) is 0 Å². The van der Waals surface area contributed by atoms with Crippen LogP contribution in [0.15, 0.2) is 45.9 Å². The summed E-state index contributed by atoms with van der Waals surface area (Å²) in [5, 5.41) is 17.6. The lowest BCUT2D eigenvalue weighted by Crippen LogP contribution is -2.49. The number of benzene rings is 1. The van der Waals surface area contributed by atoms with Gasteiger partial charge in [-0.3, -0.25) is 0 Å². The molecule has 0 aliphatic carbocycles. The van der Waals surface area contributed by atoms with Crippen molar-refractivity contribution in [2.45, 2.75) is 30.8 Å². The third-order valence-corrected chi connectivity index (χ3v) is 5.94. The minimum Gasteiger partial charge on any atom is -0.463 e. The number of carbonyl (C=O) groups is 2. The fourth-order valence-corrected chi connectivity index (χ4v) is 4.36. The van der Waals surface area contributed by atoms with Gasteiger partial charge in [0.25, 0.3) is 0 Å². The van der Waals surface area contributed by atoms with E-state index in [4.69, 9.17) is 4.74 Å². The maximum absolute atomic E-state index is 12.2. The summed E-state index contributed by atoms with van der Waals surface area (Å²) in [7, 11) is 0. The van der Waals surface area contributed by atoms with E-state index in [-0.39, 0.29) is 12.6 Å². The molecule has 2 amide bonds. The fourth-order valence-electron chi connectivity index (χ4n) is 2.64. The van der Waals surface area contributed by atoms with E-state index in [2.05, 4.69) is 26.1 Å². The zero-order valence-corrected chi connectivity index (χ0v) is 17.2. The summed E-state index contributed by atoms with van der Waals surface area (Å²) in [5.41, 5.74) is 2.12. The number of urea groups is 1. The lowest BCUT2D eigenvalue weighted by molar-refractivity contribution is -0.138. The van der Waals surface area contributed by atoms with Crippen LogP contribution in [0.25, 0.3) is 0 Å². The molecule has 0 saturated carbocycles. The monoisotopic (exact) mass is 419 g/mol. The van der Waals surface area contributed by atoms with Crippen LogP contribution in [0.2, 0.25) is 0 Å². The maximum Gasteiger partial charge on any atom is 0.337 e. The van der Waals surface area contributed by atoms with E-state index in [9.17, 15) is 9.59 Å². The average Bonchev–Trinajstić information content (AvgIpc) is 3.13. The van der Waals surface area contributed by atoms with E-state index in [1.165, 1.54) is 23.1 Å². The molecule has 2 heterocycles. The number of aromatic nitrogens is 2. The van der Waals surface area contributed by atoms with Crippen molar-refractivity contribution in [3.05, 3.63) is 47.2 Å². The van der Waals surface area contributed by atoms with Crippen molar-refractivity contribution < 1.29 is 14.3 Å². The first-order valence-electron chi connectivity index (χ1n) is 8.78. The molecule has 2 aromatic rings. The predicted octanol–water partition coefficient (Wildman–Crippen LogP) is 2.76. The Balaban J connectivity index is 1.63. The van der Waals surface area contributed by atoms with Crippen LogP contribution in [-0.4, -0.2) is 40.6 Å². The first kappa shape index (κ1) is 20.2. The number of rotatable bonds is 8. The van der Waals surface area contributed by atoms with Crippen LogP contribution in [0.1, 0.15) is 19.4 Å². The summed E-state index contributed by atoms with van der Waals surface area (Å²) in [4.78, 5) is 24.0. The Labute approximate surface area is 171 Å². The number of anilines is 1. The third kappa shape index (κ3) is 5.23. The molecule has 3 rings (SSSR count). The molecule has 1 aliphatic heterocycles. The molecule has 0 fully saturated rings. The van der Waals surface area contributed by atoms with Gasteiger partial charge in [-0.25, -0.2) is 9.59 Å². The summed E-state index contributed by atoms with van der Waals surface area (Å²) in [6.07, 6.45) is 0. The molecule has 1 atom stereocenters. The topological polar surface area (TPSA) is 105 Å². The van der Waals surface area contributed by atoms with E-state index >= 15 is 0 Å². The number of esters is 1. The van der Waals surface area contributed by atoms with E-state index in [1.807, 2.05) is 30.3 Å². The summed E-state index contributed by atoms with van der Waals surface area (Å²) >= 11 is 2.83. The van der Waals surface area contributed by atoms with Crippen molar-refractivity contribution in [1.82, 2.24) is 20.8 Å². The molecule has 0 radical (unpaired) electrons. The van der Waals surface area contributed by atoms with Gasteiger partial charge in [0, 0.05) is 18.0 Å². The highest BCUT2D eigenvalue weighted by Gasteiger charge is 2.29. The molecule has 28 heavy (non-hydrogen) atoms. The van der Waals surface area contributed by atoms with Crippen LogP contribution >= 0.6 is 23.1 Å². The predicted molar refractivity (Wildman–Crippen MR) is 109 cm³/mol. The fraction of sp³-hybridized carbons (Fsp3) is 0.333. The number of thioether (sulfide) groups is 1. The number of amides is 2. The van der Waals surface area contributed by atoms with Crippen LogP contribution in [0.5, 0.6) is 0 Å². The van der Waals surface area contributed by atoms with Crippen LogP contribution in [-0.2, 0) is 16.1 Å². The Bertz CT molecular complexity index is 869. The molecular formula is C18H21N5O3S2. The standard InChI is InChI=1S/C18H21N5O3S2/c1-3-26-15(24)14-11(2)20-16(25)21-13(14)10-27-18-23-22-17(28-18)19-9-12-7-5-4-6-8-12/h4-8,11H,3,9-10H2,1-2H3,(H,19,22)(H2,20,21,25)/t11-/m1/s1. The molecule has 1 aromatic heterocycles. The molecule has 0 unspecified atom stereocenters. The van der Waals surface area contributed by atoms with Gasteiger partial charge in [-0.1, -0.05) is 53.4 Å². The zero-order valence-electron chi connectivity index (χ0n) is 15.5. The van der Waals surface area contributed by atoms with Crippen molar-refractivity contribution >= 4 is 40.2 Å². The maximum atomic E-state index is 12.2. The van der Waals surface area contributed by atoms with E-state index in [0.29, 0.717) is 28.7 Å². The third-order valence-electron chi connectivity index (χ3n) is 3.90. The van der Waals surface area contributed by atoms with Gasteiger partial charge in [-0.15, -0.1) is 10.2 Å². The number of nitrogens with one attached hydrogen (secondary N) is 3. The zero-order chi connectivity index (χ0) is 19.9. The molecule has 148 valence electrons. The first-order valence-corrected chi connectivity index (χ1v) is 10.6. The second-order valence-electron chi connectivity index (χ2n) is 5.93. The highest BCUT2D eigenvalue weighted by molar-refractivity contribution is 8.01. The number of ether oxygens (including phenoxy) is 1. The van der Waals surface area contributed by atoms with Gasteiger partial charge in [-0.2, -0.15) is 0 Å². The molecule has 1 aliphatic rings. The molecule has 1 aromatic carbocycles. The lowest BCUT2D eigenvalue weighted by Gasteiger charge is -2.26. The van der Waals surface area contributed by atoms with Crippen molar-refractivity contribution in [2.75, 3.05) is 17.7 Å². The molecule has 0 saturated heterocycles. The normalized spacial score (nSPS) is 16.4.